The number of sulfonamides is 1. The molecule has 0 radical (unpaired) electrons. The third kappa shape index (κ3) is 5.78. The van der Waals surface area contributed by atoms with Crippen LogP contribution in [0.25, 0.3) is 0 Å². The van der Waals surface area contributed by atoms with E-state index in [1.807, 2.05) is 26.1 Å². The Kier molecular flexibility index (Phi) is 7.58. The number of ether oxygens (including phenoxy) is 1. The van der Waals surface area contributed by atoms with Crippen LogP contribution in [-0.2, 0) is 16.6 Å². The molecule has 34 heavy (non-hydrogen) atoms. The van der Waals surface area contributed by atoms with Crippen LogP contribution >= 0.6 is 0 Å². The van der Waals surface area contributed by atoms with Crippen molar-refractivity contribution in [3.63, 3.8) is 0 Å². The minimum atomic E-state index is -3.84. The van der Waals surface area contributed by atoms with Crippen LogP contribution in [0.4, 0.5) is 0 Å². The molecular formula is C26H33N3O4S. The first kappa shape index (κ1) is 24.7. The van der Waals surface area contributed by atoms with Crippen LogP contribution in [-0.4, -0.2) is 66.6 Å². The summed E-state index contributed by atoms with van der Waals surface area (Å²) in [5.74, 6) is 7.08. The molecule has 2 aromatic rings. The first-order valence-corrected chi connectivity index (χ1v) is 13.2. The van der Waals surface area contributed by atoms with Crippen molar-refractivity contribution in [1.82, 2.24) is 14.2 Å². The van der Waals surface area contributed by atoms with E-state index < -0.39 is 16.1 Å². The molecule has 1 N–H and O–H groups in total. The lowest BCUT2D eigenvalue weighted by atomic mass is 10.0. The normalized spacial score (nSPS) is 23.1. The van der Waals surface area contributed by atoms with Gasteiger partial charge in [0.15, 0.2) is 0 Å². The minimum Gasteiger partial charge on any atom is -0.487 e. The monoisotopic (exact) mass is 483 g/mol. The van der Waals surface area contributed by atoms with Crippen LogP contribution in [0.15, 0.2) is 47.6 Å². The molecule has 1 aromatic carbocycles. The van der Waals surface area contributed by atoms with E-state index >= 15 is 0 Å². The van der Waals surface area contributed by atoms with E-state index in [0.717, 1.165) is 30.5 Å². The predicted octanol–water partition coefficient (Wildman–Crippen LogP) is 2.74. The summed E-state index contributed by atoms with van der Waals surface area (Å²) >= 11 is 0. The van der Waals surface area contributed by atoms with Gasteiger partial charge in [-0.2, -0.15) is 4.31 Å². The van der Waals surface area contributed by atoms with Gasteiger partial charge in [-0.15, -0.1) is 0 Å². The zero-order valence-corrected chi connectivity index (χ0v) is 20.8. The number of likely N-dealkylation sites (N-methyl/N-ethyl adjacent to an activating group) is 1. The van der Waals surface area contributed by atoms with E-state index in [0.29, 0.717) is 18.2 Å². The lowest BCUT2D eigenvalue weighted by Crippen LogP contribution is -2.49. The second-order valence-electron chi connectivity index (χ2n) is 9.50. The predicted molar refractivity (Wildman–Crippen MR) is 131 cm³/mol. The molecule has 0 saturated heterocycles. The van der Waals surface area contributed by atoms with Gasteiger partial charge < -0.3 is 9.84 Å². The fourth-order valence-corrected chi connectivity index (χ4v) is 5.93. The third-order valence-electron chi connectivity index (χ3n) is 6.36. The molecule has 182 valence electrons. The molecule has 4 rings (SSSR count). The molecule has 0 unspecified atom stereocenters. The molecule has 2 aliphatic rings. The van der Waals surface area contributed by atoms with Gasteiger partial charge in [0.2, 0.25) is 10.0 Å². The van der Waals surface area contributed by atoms with Gasteiger partial charge >= 0.3 is 0 Å². The minimum absolute atomic E-state index is 0.0991. The van der Waals surface area contributed by atoms with Crippen molar-refractivity contribution in [3.8, 4) is 17.6 Å². The molecule has 3 atom stereocenters. The fourth-order valence-electron chi connectivity index (χ4n) is 4.11. The molecule has 1 aromatic heterocycles. The highest BCUT2D eigenvalue weighted by atomic mass is 32.2. The number of benzene rings is 1. The molecule has 2 heterocycles. The maximum Gasteiger partial charge on any atom is 0.247 e. The molecule has 1 saturated carbocycles. The van der Waals surface area contributed by atoms with Crippen molar-refractivity contribution >= 4 is 10.0 Å². The largest absolute Gasteiger partial charge is 0.487 e. The molecule has 0 bridgehead atoms. The Bertz CT molecular complexity index is 1160. The SMILES string of the molecule is C[C@@H]1CN([C@@H](C)CO)S(=O)(=O)c2ccc(C#CC3CC3)cc2O[C@@H]1CN(C)Cc1ccncc1. The first-order valence-electron chi connectivity index (χ1n) is 11.8. The Hall–Kier alpha value is -2.44. The van der Waals surface area contributed by atoms with E-state index in [1.54, 1.807) is 37.5 Å². The molecule has 0 amide bonds. The van der Waals surface area contributed by atoms with Gasteiger partial charge in [-0.1, -0.05) is 18.8 Å². The van der Waals surface area contributed by atoms with Crippen LogP contribution in [0.2, 0.25) is 0 Å². The van der Waals surface area contributed by atoms with Crippen LogP contribution < -0.4 is 4.74 Å². The van der Waals surface area contributed by atoms with Crippen molar-refractivity contribution in [3.05, 3.63) is 53.9 Å². The summed E-state index contributed by atoms with van der Waals surface area (Å²) < 4.78 is 35.0. The van der Waals surface area contributed by atoms with Crippen molar-refractivity contribution in [2.45, 2.75) is 50.3 Å². The van der Waals surface area contributed by atoms with Gasteiger partial charge in [-0.25, -0.2) is 8.42 Å². The van der Waals surface area contributed by atoms with E-state index in [9.17, 15) is 13.5 Å². The van der Waals surface area contributed by atoms with Crippen LogP contribution in [0.5, 0.6) is 5.75 Å². The molecule has 8 heteroatoms. The van der Waals surface area contributed by atoms with Crippen LogP contribution in [0, 0.1) is 23.7 Å². The van der Waals surface area contributed by atoms with Gasteiger partial charge in [0.05, 0.1) is 6.61 Å². The topological polar surface area (TPSA) is 83.0 Å². The third-order valence-corrected chi connectivity index (χ3v) is 8.38. The fraction of sp³-hybridized carbons (Fsp3) is 0.500. The molecule has 1 aliphatic heterocycles. The van der Waals surface area contributed by atoms with E-state index in [2.05, 4.69) is 21.7 Å². The lowest BCUT2D eigenvalue weighted by molar-refractivity contribution is 0.0733. The number of rotatable bonds is 6. The van der Waals surface area contributed by atoms with Gasteiger partial charge in [-0.3, -0.25) is 9.88 Å². The van der Waals surface area contributed by atoms with Crippen molar-refractivity contribution in [2.75, 3.05) is 26.7 Å². The quantitative estimate of drug-likeness (QED) is 0.637. The summed E-state index contributed by atoms with van der Waals surface area (Å²) in [6.07, 6.45) is 5.55. The molecule has 1 aliphatic carbocycles. The van der Waals surface area contributed by atoms with Crippen LogP contribution in [0.3, 0.4) is 0 Å². The second kappa shape index (κ2) is 10.4. The maximum absolute atomic E-state index is 13.6. The first-order chi connectivity index (χ1) is 16.3. The number of nitrogens with zero attached hydrogens (tertiary/aromatic N) is 3. The number of aliphatic hydroxyl groups is 1. The molecule has 0 spiro atoms. The Morgan fingerprint density at radius 1 is 1.26 bits per heavy atom. The Morgan fingerprint density at radius 3 is 2.68 bits per heavy atom. The standard InChI is InChI=1S/C26H33N3O4S/c1-19-15-29(20(2)18-30)34(31,32)26-9-8-22(7-6-21-4-5-21)14-24(26)33-25(19)17-28(3)16-23-10-12-27-13-11-23/h8-14,19-21,25,30H,4-5,15-18H2,1-3H3/t19-,20+,25-/m1/s1. The molecule has 1 fully saturated rings. The van der Waals surface area contributed by atoms with Crippen LogP contribution in [0.1, 0.15) is 37.8 Å². The zero-order valence-electron chi connectivity index (χ0n) is 20.0. The number of fused-ring (bicyclic) bond motifs is 1. The van der Waals surface area contributed by atoms with E-state index in [-0.39, 0.29) is 30.1 Å². The number of aromatic nitrogens is 1. The average molecular weight is 484 g/mol. The summed E-state index contributed by atoms with van der Waals surface area (Å²) in [6, 6.07) is 8.51. The summed E-state index contributed by atoms with van der Waals surface area (Å²) in [6.45, 7) is 5.08. The van der Waals surface area contributed by atoms with Gasteiger partial charge in [0.25, 0.3) is 0 Å². The Balaban J connectivity index is 1.66. The van der Waals surface area contributed by atoms with Gasteiger partial charge in [0.1, 0.15) is 16.7 Å². The highest BCUT2D eigenvalue weighted by Crippen LogP contribution is 2.34. The van der Waals surface area contributed by atoms with Crippen molar-refractivity contribution < 1.29 is 18.3 Å². The summed E-state index contributed by atoms with van der Waals surface area (Å²) in [5, 5.41) is 9.79. The molecular weight excluding hydrogens is 450 g/mol. The zero-order chi connectivity index (χ0) is 24.3. The van der Waals surface area contributed by atoms with Crippen molar-refractivity contribution in [1.29, 1.82) is 0 Å². The Labute approximate surface area is 202 Å². The number of aliphatic hydroxyl groups excluding tert-OH is 1. The smallest absolute Gasteiger partial charge is 0.247 e. The summed E-state index contributed by atoms with van der Waals surface area (Å²) in [7, 11) is -1.82. The highest BCUT2D eigenvalue weighted by Gasteiger charge is 2.38. The van der Waals surface area contributed by atoms with E-state index in [4.69, 9.17) is 4.74 Å². The molecule has 7 nitrogen and oxygen atoms in total. The second-order valence-corrected chi connectivity index (χ2v) is 11.4. The van der Waals surface area contributed by atoms with E-state index in [1.165, 1.54) is 4.31 Å². The highest BCUT2D eigenvalue weighted by molar-refractivity contribution is 7.89. The Morgan fingerprint density at radius 2 is 2.00 bits per heavy atom. The number of hydrogen-bond donors (Lipinski definition) is 1. The lowest BCUT2D eigenvalue weighted by Gasteiger charge is -2.37. The number of hydrogen-bond acceptors (Lipinski definition) is 6. The van der Waals surface area contributed by atoms with Crippen molar-refractivity contribution in [2.24, 2.45) is 11.8 Å². The summed E-state index contributed by atoms with van der Waals surface area (Å²) in [5.41, 5.74) is 1.90. The van der Waals surface area contributed by atoms with Gasteiger partial charge in [0, 0.05) is 55.5 Å². The van der Waals surface area contributed by atoms with Gasteiger partial charge in [-0.05, 0) is 62.7 Å². The maximum atomic E-state index is 13.6. The average Bonchev–Trinajstić information content (AvgIpc) is 3.64. The number of pyridine rings is 1. The summed E-state index contributed by atoms with van der Waals surface area (Å²) in [4.78, 5) is 6.37.